The van der Waals surface area contributed by atoms with Crippen LogP contribution in [-0.4, -0.2) is 48.4 Å². The van der Waals surface area contributed by atoms with Crippen molar-refractivity contribution in [3.8, 4) is 5.75 Å². The molecule has 25 heavy (non-hydrogen) atoms. The largest absolute Gasteiger partial charge is 0.496 e. The van der Waals surface area contributed by atoms with Gasteiger partial charge in [0, 0.05) is 19.6 Å². The first kappa shape index (κ1) is 19.7. The number of hydrogen-bond acceptors (Lipinski definition) is 4. The molecule has 0 spiro atoms. The minimum Gasteiger partial charge on any atom is -0.496 e. The molecule has 0 aliphatic carbocycles. The second kappa shape index (κ2) is 9.20. The predicted octanol–water partition coefficient (Wildman–Crippen LogP) is 3.81. The maximum Gasteiger partial charge on any atom is 0.339 e. The quantitative estimate of drug-likeness (QED) is 0.773. The van der Waals surface area contributed by atoms with Gasteiger partial charge in [0.25, 0.3) is 0 Å². The Kier molecular flexibility index (Phi) is 7.26. The van der Waals surface area contributed by atoms with Crippen molar-refractivity contribution < 1.29 is 19.4 Å². The van der Waals surface area contributed by atoms with Crippen molar-refractivity contribution in [1.29, 1.82) is 0 Å². The summed E-state index contributed by atoms with van der Waals surface area (Å²) in [6.07, 6.45) is 3.92. The molecule has 1 aromatic carbocycles. The van der Waals surface area contributed by atoms with Crippen molar-refractivity contribution >= 4 is 5.97 Å². The van der Waals surface area contributed by atoms with Gasteiger partial charge in [-0.3, -0.25) is 4.90 Å². The maximum atomic E-state index is 11.4. The predicted molar refractivity (Wildman–Crippen MR) is 98.3 cm³/mol. The third-order valence-electron chi connectivity index (χ3n) is 4.79. The average Bonchev–Trinajstić information content (AvgIpc) is 2.59. The molecule has 0 unspecified atom stereocenters. The van der Waals surface area contributed by atoms with E-state index in [0.29, 0.717) is 11.7 Å². The minimum absolute atomic E-state index is 0.219. The molecule has 1 aromatic rings. The zero-order valence-electron chi connectivity index (χ0n) is 15.8. The number of rotatable bonds is 8. The van der Waals surface area contributed by atoms with E-state index in [2.05, 4.69) is 25.7 Å². The van der Waals surface area contributed by atoms with Crippen LogP contribution < -0.4 is 4.74 Å². The van der Waals surface area contributed by atoms with E-state index < -0.39 is 5.97 Å². The van der Waals surface area contributed by atoms with E-state index in [1.807, 2.05) is 6.07 Å². The molecule has 5 nitrogen and oxygen atoms in total. The summed E-state index contributed by atoms with van der Waals surface area (Å²) in [6.45, 7) is 9.11. The molecule has 1 N–H and O–H groups in total. The van der Waals surface area contributed by atoms with Crippen LogP contribution in [-0.2, 0) is 11.3 Å². The van der Waals surface area contributed by atoms with Gasteiger partial charge in [0.1, 0.15) is 11.3 Å². The monoisotopic (exact) mass is 349 g/mol. The first-order valence-electron chi connectivity index (χ1n) is 9.22. The lowest BCUT2D eigenvalue weighted by Gasteiger charge is -2.40. The fourth-order valence-corrected chi connectivity index (χ4v) is 3.32. The zero-order valence-corrected chi connectivity index (χ0v) is 15.8. The summed E-state index contributed by atoms with van der Waals surface area (Å²) in [5.41, 5.74) is 1.22. The molecular formula is C20H31NO4. The summed E-state index contributed by atoms with van der Waals surface area (Å²) >= 11 is 0. The number of morpholine rings is 1. The summed E-state index contributed by atoms with van der Waals surface area (Å²) in [5, 5.41) is 9.37. The Morgan fingerprint density at radius 1 is 1.40 bits per heavy atom. The SMILES string of the molecule is CCCC[C@@H]1CN(Cc2ccc(OC)c(C(=O)O)c2)C[C@H](C(C)C)O1. The second-order valence-electron chi connectivity index (χ2n) is 7.22. The Bertz CT molecular complexity index is 573. The van der Waals surface area contributed by atoms with Crippen LogP contribution in [0.2, 0.25) is 0 Å². The summed E-state index contributed by atoms with van der Waals surface area (Å²) in [6, 6.07) is 5.42. The molecule has 0 amide bonds. The lowest BCUT2D eigenvalue weighted by atomic mass is 10.0. The van der Waals surface area contributed by atoms with E-state index in [9.17, 15) is 9.90 Å². The van der Waals surface area contributed by atoms with Gasteiger partial charge in [-0.15, -0.1) is 0 Å². The highest BCUT2D eigenvalue weighted by molar-refractivity contribution is 5.91. The van der Waals surface area contributed by atoms with Crippen LogP contribution in [0.3, 0.4) is 0 Å². The van der Waals surface area contributed by atoms with Crippen LogP contribution in [0.1, 0.15) is 56.0 Å². The third kappa shape index (κ3) is 5.44. The topological polar surface area (TPSA) is 59.0 Å². The highest BCUT2D eigenvalue weighted by Gasteiger charge is 2.29. The Morgan fingerprint density at radius 2 is 2.16 bits per heavy atom. The highest BCUT2D eigenvalue weighted by atomic mass is 16.5. The number of methoxy groups -OCH3 is 1. The van der Waals surface area contributed by atoms with E-state index in [-0.39, 0.29) is 17.8 Å². The van der Waals surface area contributed by atoms with Gasteiger partial charge in [-0.1, -0.05) is 39.7 Å². The minimum atomic E-state index is -0.957. The molecular weight excluding hydrogens is 318 g/mol. The molecule has 2 rings (SSSR count). The van der Waals surface area contributed by atoms with Crippen LogP contribution in [0.5, 0.6) is 5.75 Å². The van der Waals surface area contributed by atoms with Gasteiger partial charge in [0.2, 0.25) is 0 Å². The maximum absolute atomic E-state index is 11.4. The van der Waals surface area contributed by atoms with Crippen molar-refractivity contribution in [1.82, 2.24) is 4.90 Å². The summed E-state index contributed by atoms with van der Waals surface area (Å²) in [4.78, 5) is 13.8. The number of ether oxygens (including phenoxy) is 2. The standard InChI is InChI=1S/C20H31NO4/c1-5-6-7-16-12-21(13-19(25-16)14(2)3)11-15-8-9-18(24-4)17(10-15)20(22)23/h8-10,14,16,19H,5-7,11-13H2,1-4H3,(H,22,23)/t16-,19-/m1/s1. The molecule has 0 saturated carbocycles. The molecule has 0 bridgehead atoms. The Labute approximate surface area is 150 Å². The van der Waals surface area contributed by atoms with Gasteiger partial charge in [0.05, 0.1) is 19.3 Å². The van der Waals surface area contributed by atoms with Gasteiger partial charge in [0.15, 0.2) is 0 Å². The molecule has 140 valence electrons. The fraction of sp³-hybridized carbons (Fsp3) is 0.650. The molecule has 2 atom stereocenters. The average molecular weight is 349 g/mol. The first-order valence-corrected chi connectivity index (χ1v) is 9.22. The zero-order chi connectivity index (χ0) is 18.4. The molecule has 1 fully saturated rings. The number of carboxylic acid groups (broad SMARTS) is 1. The normalized spacial score (nSPS) is 21.5. The van der Waals surface area contributed by atoms with Crippen LogP contribution in [0.15, 0.2) is 18.2 Å². The number of benzene rings is 1. The van der Waals surface area contributed by atoms with E-state index >= 15 is 0 Å². The third-order valence-corrected chi connectivity index (χ3v) is 4.79. The molecule has 1 aliphatic heterocycles. The molecule has 5 heteroatoms. The number of nitrogens with zero attached hydrogens (tertiary/aromatic N) is 1. The van der Waals surface area contributed by atoms with Gasteiger partial charge in [-0.05, 0) is 30.0 Å². The molecule has 1 heterocycles. The van der Waals surface area contributed by atoms with Crippen LogP contribution in [0, 0.1) is 5.92 Å². The summed E-state index contributed by atoms with van der Waals surface area (Å²) in [7, 11) is 1.50. The van der Waals surface area contributed by atoms with Gasteiger partial charge >= 0.3 is 5.97 Å². The Balaban J connectivity index is 2.11. The summed E-state index contributed by atoms with van der Waals surface area (Å²) < 4.78 is 11.4. The fourth-order valence-electron chi connectivity index (χ4n) is 3.32. The molecule has 0 aromatic heterocycles. The number of carbonyl (C=O) groups is 1. The number of carboxylic acids is 1. The number of unbranched alkanes of at least 4 members (excludes halogenated alkanes) is 1. The molecule has 0 radical (unpaired) electrons. The van der Waals surface area contributed by atoms with Gasteiger partial charge < -0.3 is 14.6 Å². The van der Waals surface area contributed by atoms with E-state index in [0.717, 1.165) is 31.6 Å². The smallest absolute Gasteiger partial charge is 0.339 e. The number of aromatic carboxylic acids is 1. The lowest BCUT2D eigenvalue weighted by molar-refractivity contribution is -0.108. The molecule has 1 saturated heterocycles. The van der Waals surface area contributed by atoms with Crippen LogP contribution >= 0.6 is 0 Å². The van der Waals surface area contributed by atoms with Gasteiger partial charge in [-0.2, -0.15) is 0 Å². The number of hydrogen-bond donors (Lipinski definition) is 1. The lowest BCUT2D eigenvalue weighted by Crippen LogP contribution is -2.49. The van der Waals surface area contributed by atoms with Crippen molar-refractivity contribution in [3.05, 3.63) is 29.3 Å². The van der Waals surface area contributed by atoms with Crippen molar-refractivity contribution in [2.24, 2.45) is 5.92 Å². The van der Waals surface area contributed by atoms with Crippen molar-refractivity contribution in [2.75, 3.05) is 20.2 Å². The highest BCUT2D eigenvalue weighted by Crippen LogP contribution is 2.24. The first-order chi connectivity index (χ1) is 11.9. The van der Waals surface area contributed by atoms with E-state index in [1.54, 1.807) is 12.1 Å². The van der Waals surface area contributed by atoms with Crippen LogP contribution in [0.4, 0.5) is 0 Å². The second-order valence-corrected chi connectivity index (χ2v) is 7.22. The molecule has 1 aliphatic rings. The van der Waals surface area contributed by atoms with Crippen molar-refractivity contribution in [3.63, 3.8) is 0 Å². The van der Waals surface area contributed by atoms with E-state index in [1.165, 1.54) is 20.0 Å². The Morgan fingerprint density at radius 3 is 2.76 bits per heavy atom. The Hall–Kier alpha value is -1.59. The van der Waals surface area contributed by atoms with E-state index in [4.69, 9.17) is 9.47 Å². The van der Waals surface area contributed by atoms with Gasteiger partial charge in [-0.25, -0.2) is 4.79 Å². The van der Waals surface area contributed by atoms with Crippen LogP contribution in [0.25, 0.3) is 0 Å². The summed E-state index contributed by atoms with van der Waals surface area (Å²) in [5.74, 6) is -0.0851. The van der Waals surface area contributed by atoms with Crippen molar-refractivity contribution in [2.45, 2.75) is 58.8 Å².